The molecule has 5 nitrogen and oxygen atoms in total. The number of anilines is 1. The van der Waals surface area contributed by atoms with Gasteiger partial charge in [0.2, 0.25) is 10.0 Å². The second-order valence-corrected chi connectivity index (χ2v) is 9.47. The second kappa shape index (κ2) is 8.20. The molecule has 1 aromatic carbocycles. The number of piperidine rings is 1. The van der Waals surface area contributed by atoms with Gasteiger partial charge < -0.3 is 5.32 Å². The van der Waals surface area contributed by atoms with E-state index in [-0.39, 0.29) is 11.2 Å². The predicted octanol–water partition coefficient (Wildman–Crippen LogP) is 3.95. The van der Waals surface area contributed by atoms with Crippen LogP contribution in [0.1, 0.15) is 56.9 Å². The normalized spacial score (nSPS) is 21.4. The van der Waals surface area contributed by atoms with Crippen LogP contribution in [0.4, 0.5) is 18.9 Å². The van der Waals surface area contributed by atoms with Crippen molar-refractivity contribution in [2.75, 3.05) is 25.0 Å². The molecule has 28 heavy (non-hydrogen) atoms. The summed E-state index contributed by atoms with van der Waals surface area (Å²) in [4.78, 5) is 1.61. The molecule has 3 rings (SSSR count). The van der Waals surface area contributed by atoms with Crippen molar-refractivity contribution in [3.63, 3.8) is 0 Å². The van der Waals surface area contributed by atoms with E-state index in [9.17, 15) is 21.6 Å². The van der Waals surface area contributed by atoms with Crippen molar-refractivity contribution < 1.29 is 21.6 Å². The molecule has 1 aliphatic carbocycles. The summed E-state index contributed by atoms with van der Waals surface area (Å²) in [6.07, 6.45) is 4.23. The minimum absolute atomic E-state index is 0.0460. The molecule has 2 aliphatic rings. The Morgan fingerprint density at radius 1 is 1.04 bits per heavy atom. The highest BCUT2D eigenvalue weighted by atomic mass is 32.2. The van der Waals surface area contributed by atoms with Crippen molar-refractivity contribution in [1.29, 1.82) is 0 Å². The number of nitrogens with two attached hydrogens (primary N) is 1. The van der Waals surface area contributed by atoms with Crippen LogP contribution in [-0.4, -0.2) is 38.5 Å². The first-order valence-corrected chi connectivity index (χ1v) is 11.4. The van der Waals surface area contributed by atoms with Crippen molar-refractivity contribution in [3.8, 4) is 0 Å². The maximum Gasteiger partial charge on any atom is 0.417 e. The molecule has 0 unspecified atom stereocenters. The fourth-order valence-electron chi connectivity index (χ4n) is 4.56. The summed E-state index contributed by atoms with van der Waals surface area (Å²) in [5, 5.41) is 8.13. The number of halogens is 3. The Labute approximate surface area is 164 Å². The zero-order chi connectivity index (χ0) is 20.4. The summed E-state index contributed by atoms with van der Waals surface area (Å²) in [6.45, 7) is 2.61. The van der Waals surface area contributed by atoms with Gasteiger partial charge in [-0.05, 0) is 57.0 Å². The molecule has 0 bridgehead atoms. The van der Waals surface area contributed by atoms with Crippen LogP contribution in [0.3, 0.4) is 0 Å². The van der Waals surface area contributed by atoms with Gasteiger partial charge in [0.15, 0.2) is 0 Å². The second-order valence-electron chi connectivity index (χ2n) is 7.94. The third-order valence-electron chi connectivity index (χ3n) is 6.02. The molecule has 3 N–H and O–H groups in total. The van der Waals surface area contributed by atoms with Crippen LogP contribution in [-0.2, 0) is 16.2 Å². The van der Waals surface area contributed by atoms with E-state index < -0.39 is 26.7 Å². The van der Waals surface area contributed by atoms with Gasteiger partial charge in [0.25, 0.3) is 0 Å². The predicted molar refractivity (Wildman–Crippen MR) is 103 cm³/mol. The number of primary sulfonamides is 1. The van der Waals surface area contributed by atoms with Crippen molar-refractivity contribution >= 4 is 15.7 Å². The highest BCUT2D eigenvalue weighted by Gasteiger charge is 2.39. The monoisotopic (exact) mass is 419 g/mol. The van der Waals surface area contributed by atoms with Crippen LogP contribution in [0.25, 0.3) is 0 Å². The van der Waals surface area contributed by atoms with Gasteiger partial charge in [0.05, 0.1) is 10.5 Å². The molecule has 1 aromatic rings. The van der Waals surface area contributed by atoms with Gasteiger partial charge >= 0.3 is 6.18 Å². The molecule has 9 heteroatoms. The smallest absolute Gasteiger partial charge is 0.383 e. The molecule has 1 saturated carbocycles. The summed E-state index contributed by atoms with van der Waals surface area (Å²) < 4.78 is 63.1. The average molecular weight is 420 g/mol. The van der Waals surface area contributed by atoms with Crippen molar-refractivity contribution in [2.45, 2.75) is 68.0 Å². The van der Waals surface area contributed by atoms with Crippen LogP contribution < -0.4 is 10.5 Å². The Morgan fingerprint density at radius 2 is 1.64 bits per heavy atom. The number of sulfonamides is 1. The fraction of sp³-hybridized carbons (Fsp3) is 0.684. The lowest BCUT2D eigenvalue weighted by atomic mass is 9.79. The van der Waals surface area contributed by atoms with Crippen molar-refractivity contribution in [1.82, 2.24) is 4.90 Å². The highest BCUT2D eigenvalue weighted by Crippen LogP contribution is 2.38. The first kappa shape index (κ1) is 21.4. The minimum Gasteiger partial charge on any atom is -0.383 e. The van der Waals surface area contributed by atoms with E-state index in [0.29, 0.717) is 6.54 Å². The number of rotatable bonds is 5. The molecule has 1 saturated heterocycles. The molecule has 1 heterocycles. The third-order valence-corrected chi connectivity index (χ3v) is 6.99. The average Bonchev–Trinajstić information content (AvgIpc) is 2.66. The Hall–Kier alpha value is -1.32. The maximum atomic E-state index is 13.4. The summed E-state index contributed by atoms with van der Waals surface area (Å²) in [5.74, 6) is 0. The Bertz CT molecular complexity index is 784. The zero-order valence-corrected chi connectivity index (χ0v) is 16.7. The van der Waals surface area contributed by atoms with E-state index in [4.69, 9.17) is 5.14 Å². The van der Waals surface area contributed by atoms with E-state index in [2.05, 4.69) is 10.2 Å². The molecular weight excluding hydrogens is 391 g/mol. The molecule has 0 radical (unpaired) electrons. The van der Waals surface area contributed by atoms with E-state index >= 15 is 0 Å². The quantitative estimate of drug-likeness (QED) is 0.758. The van der Waals surface area contributed by atoms with Crippen LogP contribution in [0.5, 0.6) is 0 Å². The molecule has 158 valence electrons. The lowest BCUT2D eigenvalue weighted by Gasteiger charge is -2.48. The Morgan fingerprint density at radius 3 is 2.21 bits per heavy atom. The van der Waals surface area contributed by atoms with E-state index in [1.165, 1.54) is 18.9 Å². The van der Waals surface area contributed by atoms with Crippen LogP contribution in [0, 0.1) is 0 Å². The molecular formula is C19H28F3N3O2S. The van der Waals surface area contributed by atoms with Crippen LogP contribution in [0.15, 0.2) is 23.1 Å². The number of hydrogen-bond acceptors (Lipinski definition) is 4. The van der Waals surface area contributed by atoms with Gasteiger partial charge in [-0.1, -0.05) is 25.7 Å². The summed E-state index contributed by atoms with van der Waals surface area (Å²) in [5.41, 5.74) is -1.01. The number of nitrogens with one attached hydrogen (secondary N) is 1. The summed E-state index contributed by atoms with van der Waals surface area (Å²) in [6, 6.07) is 3.16. The van der Waals surface area contributed by atoms with Gasteiger partial charge in [0.1, 0.15) is 0 Å². The van der Waals surface area contributed by atoms with Crippen molar-refractivity contribution in [3.05, 3.63) is 23.8 Å². The molecule has 0 amide bonds. The summed E-state index contributed by atoms with van der Waals surface area (Å²) >= 11 is 0. The molecule has 0 atom stereocenters. The lowest BCUT2D eigenvalue weighted by Crippen LogP contribution is -2.56. The summed E-state index contributed by atoms with van der Waals surface area (Å²) in [7, 11) is -4.45. The Kier molecular flexibility index (Phi) is 6.26. The minimum atomic E-state index is -4.80. The van der Waals surface area contributed by atoms with Crippen LogP contribution in [0.2, 0.25) is 0 Å². The fourth-order valence-corrected chi connectivity index (χ4v) is 5.30. The zero-order valence-electron chi connectivity index (χ0n) is 15.9. The van der Waals surface area contributed by atoms with Gasteiger partial charge in [0, 0.05) is 17.8 Å². The number of benzene rings is 1. The Balaban J connectivity index is 1.83. The first-order chi connectivity index (χ1) is 13.1. The number of hydrogen-bond donors (Lipinski definition) is 2. The highest BCUT2D eigenvalue weighted by molar-refractivity contribution is 7.89. The van der Waals surface area contributed by atoms with E-state index in [0.717, 1.165) is 63.7 Å². The SMILES string of the molecule is NS(=O)(=O)c1ccc(NCC2(N3CCCCC3)CCCCC2)cc1C(F)(F)F. The first-order valence-electron chi connectivity index (χ1n) is 9.85. The maximum absolute atomic E-state index is 13.4. The standard InChI is InChI=1S/C19H28F3N3O2S/c20-19(21,22)16-13-15(7-8-17(16)28(23,26)27)24-14-18(9-3-1-4-10-18)25-11-5-2-6-12-25/h7-8,13,24H,1-6,9-12,14H2,(H2,23,26,27). The van der Waals surface area contributed by atoms with Crippen LogP contribution >= 0.6 is 0 Å². The third kappa shape index (κ3) is 4.80. The number of likely N-dealkylation sites (tertiary alicyclic amines) is 1. The van der Waals surface area contributed by atoms with Crippen molar-refractivity contribution in [2.24, 2.45) is 5.14 Å². The topological polar surface area (TPSA) is 75.4 Å². The van der Waals surface area contributed by atoms with Gasteiger partial charge in [-0.15, -0.1) is 0 Å². The van der Waals surface area contributed by atoms with Gasteiger partial charge in [-0.25, -0.2) is 13.6 Å². The molecule has 1 aliphatic heterocycles. The lowest BCUT2D eigenvalue weighted by molar-refractivity contribution is -0.139. The van der Waals surface area contributed by atoms with Gasteiger partial charge in [-0.3, -0.25) is 4.90 Å². The molecule has 0 aromatic heterocycles. The molecule has 2 fully saturated rings. The molecule has 0 spiro atoms. The largest absolute Gasteiger partial charge is 0.417 e. The number of nitrogens with zero attached hydrogens (tertiary/aromatic N) is 1. The van der Waals surface area contributed by atoms with Gasteiger partial charge in [-0.2, -0.15) is 13.2 Å². The van der Waals surface area contributed by atoms with E-state index in [1.807, 2.05) is 0 Å². The number of alkyl halides is 3. The van der Waals surface area contributed by atoms with E-state index in [1.54, 1.807) is 0 Å².